The zero-order chi connectivity index (χ0) is 19.7. The van der Waals surface area contributed by atoms with Crippen LogP contribution in [-0.4, -0.2) is 20.9 Å². The van der Waals surface area contributed by atoms with Crippen LogP contribution < -0.4 is 0 Å². The quantitative estimate of drug-likeness (QED) is 0.705. The van der Waals surface area contributed by atoms with E-state index in [0.717, 1.165) is 19.3 Å². The molecule has 2 saturated carbocycles. The first kappa shape index (κ1) is 18.1. The van der Waals surface area contributed by atoms with Crippen LogP contribution in [0.1, 0.15) is 32.1 Å². The molecule has 28 heavy (non-hydrogen) atoms. The van der Waals surface area contributed by atoms with E-state index in [1.807, 2.05) is 0 Å². The summed E-state index contributed by atoms with van der Waals surface area (Å²) in [4.78, 5) is 0.175. The smallest absolute Gasteiger partial charge is 0.198 e. The summed E-state index contributed by atoms with van der Waals surface area (Å²) in [6, 6.07) is 16.1. The summed E-state index contributed by atoms with van der Waals surface area (Å²) in [6.07, 6.45) is 7.15. The second kappa shape index (κ2) is 5.57. The van der Waals surface area contributed by atoms with Gasteiger partial charge in [-0.1, -0.05) is 48.6 Å². The maximum absolute atomic E-state index is 13.9. The van der Waals surface area contributed by atoms with Crippen LogP contribution in [0.5, 0.6) is 0 Å². The summed E-state index contributed by atoms with van der Waals surface area (Å²) in [5.74, 6) is 0. The van der Waals surface area contributed by atoms with E-state index >= 15 is 0 Å². The second-order valence-corrected chi connectivity index (χ2v) is 13.2. The molecule has 0 aromatic heterocycles. The molecule has 2 fully saturated rings. The Hall–Kier alpha value is -1.92. The molecule has 146 valence electrons. The molecule has 0 amide bonds. The van der Waals surface area contributed by atoms with Gasteiger partial charge in [0.25, 0.3) is 0 Å². The van der Waals surface area contributed by atoms with Gasteiger partial charge < -0.3 is 0 Å². The average molecular weight is 415 g/mol. The normalized spacial score (nSPS) is 30.4. The van der Waals surface area contributed by atoms with Crippen molar-refractivity contribution in [2.24, 2.45) is 10.8 Å². The Bertz CT molecular complexity index is 1090. The van der Waals surface area contributed by atoms with Gasteiger partial charge in [0.15, 0.2) is 23.8 Å². The topological polar surface area (TPSA) is 68.3 Å². The van der Waals surface area contributed by atoms with Gasteiger partial charge >= 0.3 is 0 Å². The van der Waals surface area contributed by atoms with E-state index in [1.165, 1.54) is 24.3 Å². The molecule has 2 aromatic carbocycles. The number of rotatable bonds is 4. The van der Waals surface area contributed by atoms with Crippen LogP contribution in [0.2, 0.25) is 0 Å². The van der Waals surface area contributed by atoms with Gasteiger partial charge in [-0.15, -0.1) is 0 Å². The van der Waals surface area contributed by atoms with Crippen molar-refractivity contribution >= 4 is 19.7 Å². The molecule has 3 aliphatic carbocycles. The first-order valence-corrected chi connectivity index (χ1v) is 12.5. The summed E-state index contributed by atoms with van der Waals surface area (Å²) < 4.78 is 53.7. The van der Waals surface area contributed by atoms with Crippen molar-refractivity contribution in [2.45, 2.75) is 46.0 Å². The molecule has 4 nitrogen and oxygen atoms in total. The SMILES string of the molecule is O=S(=O)(c1ccccc1)C1(S(=O)(=O)c2ccccc2)CC23C=CCCC2(C3)C1. The molecular formula is C22H22O4S2. The third-order valence-corrected chi connectivity index (χ3v) is 12.7. The molecule has 2 aromatic rings. The van der Waals surface area contributed by atoms with Crippen molar-refractivity contribution in [1.82, 2.24) is 0 Å². The Kier molecular flexibility index (Phi) is 3.61. The Morgan fingerprint density at radius 3 is 1.71 bits per heavy atom. The van der Waals surface area contributed by atoms with E-state index in [4.69, 9.17) is 0 Å². The van der Waals surface area contributed by atoms with E-state index in [1.54, 1.807) is 36.4 Å². The molecule has 0 spiro atoms. The van der Waals surface area contributed by atoms with E-state index in [-0.39, 0.29) is 33.5 Å². The lowest BCUT2D eigenvalue weighted by Gasteiger charge is -2.32. The molecule has 0 heterocycles. The fourth-order valence-electron chi connectivity index (χ4n) is 5.65. The largest absolute Gasteiger partial charge is 0.222 e. The number of sulfone groups is 2. The van der Waals surface area contributed by atoms with E-state index in [2.05, 4.69) is 12.2 Å². The van der Waals surface area contributed by atoms with Crippen LogP contribution in [0, 0.1) is 10.8 Å². The van der Waals surface area contributed by atoms with Gasteiger partial charge in [0.2, 0.25) is 0 Å². The Morgan fingerprint density at radius 1 is 0.679 bits per heavy atom. The second-order valence-electron chi connectivity index (χ2n) is 8.45. The van der Waals surface area contributed by atoms with Crippen LogP contribution in [0.15, 0.2) is 82.6 Å². The molecule has 3 aliphatic rings. The fraction of sp³-hybridized carbons (Fsp3) is 0.364. The summed E-state index contributed by atoms with van der Waals surface area (Å²) in [5, 5.41) is 0. The monoisotopic (exact) mass is 414 g/mol. The highest BCUT2D eigenvalue weighted by Gasteiger charge is 2.80. The molecule has 0 bridgehead atoms. The predicted molar refractivity (Wildman–Crippen MR) is 107 cm³/mol. The molecule has 0 N–H and O–H groups in total. The minimum Gasteiger partial charge on any atom is -0.222 e. The van der Waals surface area contributed by atoms with Crippen molar-refractivity contribution in [3.63, 3.8) is 0 Å². The highest BCUT2D eigenvalue weighted by molar-refractivity contribution is 8.10. The summed E-state index contributed by atoms with van der Waals surface area (Å²) in [7, 11) is -8.20. The standard InChI is InChI=1S/C22H22O4S2/c23-27(24,18-9-3-1-4-10-18)22(28(25,26)19-11-5-2-6-12-19)16-20-13-7-8-14-21(20,15-20)17-22/h1-7,9-13H,8,14-17H2. The molecule has 0 aliphatic heterocycles. The van der Waals surface area contributed by atoms with Crippen molar-refractivity contribution in [2.75, 3.05) is 0 Å². The molecule has 2 unspecified atom stereocenters. The highest BCUT2D eigenvalue weighted by Crippen LogP contribution is 2.81. The maximum Gasteiger partial charge on any atom is 0.198 e. The van der Waals surface area contributed by atoms with E-state index in [0.29, 0.717) is 0 Å². The van der Waals surface area contributed by atoms with Gasteiger partial charge in [0.1, 0.15) is 0 Å². The Morgan fingerprint density at radius 2 is 1.21 bits per heavy atom. The van der Waals surface area contributed by atoms with Gasteiger partial charge in [-0.3, -0.25) is 0 Å². The molecular weight excluding hydrogens is 392 g/mol. The van der Waals surface area contributed by atoms with E-state index < -0.39 is 23.8 Å². The zero-order valence-corrected chi connectivity index (χ0v) is 17.0. The van der Waals surface area contributed by atoms with Crippen LogP contribution >= 0.6 is 0 Å². The molecule has 5 rings (SSSR count). The summed E-state index contributed by atoms with van der Waals surface area (Å²) in [6.45, 7) is 0. The van der Waals surface area contributed by atoms with Crippen LogP contribution in [0.3, 0.4) is 0 Å². The minimum atomic E-state index is -4.10. The first-order chi connectivity index (χ1) is 13.3. The van der Waals surface area contributed by atoms with Crippen molar-refractivity contribution in [1.29, 1.82) is 0 Å². The molecule has 0 saturated heterocycles. The van der Waals surface area contributed by atoms with E-state index in [9.17, 15) is 16.8 Å². The van der Waals surface area contributed by atoms with Gasteiger partial charge in [0, 0.05) is 0 Å². The zero-order valence-electron chi connectivity index (χ0n) is 15.4. The lowest BCUT2D eigenvalue weighted by Crippen LogP contribution is -2.46. The third kappa shape index (κ3) is 2.10. The fourth-order valence-corrected chi connectivity index (χ4v) is 11.1. The predicted octanol–water partition coefficient (Wildman–Crippen LogP) is 4.15. The van der Waals surface area contributed by atoms with Crippen molar-refractivity contribution in [3.8, 4) is 0 Å². The van der Waals surface area contributed by atoms with Crippen molar-refractivity contribution in [3.05, 3.63) is 72.8 Å². The summed E-state index contributed by atoms with van der Waals surface area (Å²) >= 11 is 0. The number of hydrogen-bond donors (Lipinski definition) is 0. The van der Waals surface area contributed by atoms with Crippen LogP contribution in [0.25, 0.3) is 0 Å². The Balaban J connectivity index is 1.75. The number of allylic oxidation sites excluding steroid dienone is 2. The Labute approximate surface area is 166 Å². The van der Waals surface area contributed by atoms with Gasteiger partial charge in [-0.2, -0.15) is 0 Å². The number of benzene rings is 2. The number of hydrogen-bond acceptors (Lipinski definition) is 4. The lowest BCUT2D eigenvalue weighted by molar-refractivity contribution is 0.398. The van der Waals surface area contributed by atoms with Crippen molar-refractivity contribution < 1.29 is 16.8 Å². The lowest BCUT2D eigenvalue weighted by atomic mass is 9.87. The molecule has 6 heteroatoms. The minimum absolute atomic E-state index is 0.0873. The van der Waals surface area contributed by atoms with Crippen LogP contribution in [0.4, 0.5) is 0 Å². The highest BCUT2D eigenvalue weighted by atomic mass is 32.3. The average Bonchev–Trinajstić information content (AvgIpc) is 3.25. The van der Waals surface area contributed by atoms with Gasteiger partial charge in [-0.25, -0.2) is 16.8 Å². The summed E-state index contributed by atoms with van der Waals surface area (Å²) in [5.41, 5.74) is -0.500. The van der Waals surface area contributed by atoms with Crippen LogP contribution in [-0.2, 0) is 19.7 Å². The first-order valence-electron chi connectivity index (χ1n) is 9.56. The maximum atomic E-state index is 13.9. The molecule has 2 atom stereocenters. The van der Waals surface area contributed by atoms with Gasteiger partial charge in [0.05, 0.1) is 9.79 Å². The van der Waals surface area contributed by atoms with Gasteiger partial charge in [-0.05, 0) is 67.2 Å². The molecule has 0 radical (unpaired) electrons. The third-order valence-electron chi connectivity index (χ3n) is 7.09.